The zero-order chi connectivity index (χ0) is 13.4. The van der Waals surface area contributed by atoms with Crippen LogP contribution in [0.5, 0.6) is 0 Å². The number of rotatable bonds is 9. The van der Waals surface area contributed by atoms with Gasteiger partial charge in [-0.05, 0) is 6.92 Å². The van der Waals surface area contributed by atoms with E-state index >= 15 is 0 Å². The van der Waals surface area contributed by atoms with Crippen molar-refractivity contribution in [1.29, 1.82) is 0 Å². The molecule has 0 spiro atoms. The first-order valence-electron chi connectivity index (χ1n) is 6.34. The van der Waals surface area contributed by atoms with Gasteiger partial charge in [-0.25, -0.2) is 4.68 Å². The van der Waals surface area contributed by atoms with Gasteiger partial charge in [0.15, 0.2) is 0 Å². The predicted molar refractivity (Wildman–Crippen MR) is 69.3 cm³/mol. The van der Waals surface area contributed by atoms with E-state index < -0.39 is 0 Å². The van der Waals surface area contributed by atoms with E-state index in [-0.39, 0.29) is 6.10 Å². The number of nitrogens with zero attached hydrogens (tertiary/aromatic N) is 3. The summed E-state index contributed by atoms with van der Waals surface area (Å²) in [6.45, 7) is 8.89. The molecule has 0 radical (unpaired) electrons. The Morgan fingerprint density at radius 2 is 2.17 bits per heavy atom. The molecule has 1 atom stereocenters. The quantitative estimate of drug-likeness (QED) is 0.709. The van der Waals surface area contributed by atoms with Gasteiger partial charge in [-0.2, -0.15) is 0 Å². The van der Waals surface area contributed by atoms with Gasteiger partial charge in [0.05, 0.1) is 31.6 Å². The molecule has 0 amide bonds. The van der Waals surface area contributed by atoms with Crippen LogP contribution in [0.15, 0.2) is 6.20 Å². The molecule has 1 unspecified atom stereocenters. The maximum atomic E-state index is 5.56. The van der Waals surface area contributed by atoms with Crippen LogP contribution >= 0.6 is 0 Å². The Labute approximate surface area is 109 Å². The molecule has 0 aromatic carbocycles. The highest BCUT2D eigenvalue weighted by atomic mass is 16.5. The third-order valence-electron chi connectivity index (χ3n) is 2.40. The molecule has 6 heteroatoms. The standard InChI is InChI=1S/C12H24N4O2/c1-10(2)13-7-12-8-16(15-14-12)5-6-18-11(3)9-17-4/h8,10-11,13H,5-7,9H2,1-4H3. The van der Waals surface area contributed by atoms with Crippen LogP contribution in [0.3, 0.4) is 0 Å². The highest BCUT2D eigenvalue weighted by Crippen LogP contribution is 1.96. The number of hydrogen-bond donors (Lipinski definition) is 1. The third kappa shape index (κ3) is 6.09. The highest BCUT2D eigenvalue weighted by molar-refractivity contribution is 4.91. The predicted octanol–water partition coefficient (Wildman–Crippen LogP) is 0.828. The van der Waals surface area contributed by atoms with E-state index in [2.05, 4.69) is 29.5 Å². The summed E-state index contributed by atoms with van der Waals surface area (Å²) < 4.78 is 12.4. The molecule has 0 bridgehead atoms. The minimum atomic E-state index is 0.112. The van der Waals surface area contributed by atoms with Crippen molar-refractivity contribution in [3.63, 3.8) is 0 Å². The highest BCUT2D eigenvalue weighted by Gasteiger charge is 2.03. The molecule has 1 N–H and O–H groups in total. The molecule has 6 nitrogen and oxygen atoms in total. The number of ether oxygens (including phenoxy) is 2. The molecule has 1 rings (SSSR count). The lowest BCUT2D eigenvalue weighted by Crippen LogP contribution is -2.22. The zero-order valence-corrected chi connectivity index (χ0v) is 11.7. The van der Waals surface area contributed by atoms with E-state index in [1.165, 1.54) is 0 Å². The lowest BCUT2D eigenvalue weighted by Gasteiger charge is -2.11. The maximum Gasteiger partial charge on any atom is 0.0964 e. The van der Waals surface area contributed by atoms with Gasteiger partial charge >= 0.3 is 0 Å². The molecule has 0 fully saturated rings. The lowest BCUT2D eigenvalue weighted by molar-refractivity contribution is 0.00494. The smallest absolute Gasteiger partial charge is 0.0964 e. The first-order valence-corrected chi connectivity index (χ1v) is 6.34. The third-order valence-corrected chi connectivity index (χ3v) is 2.40. The minimum absolute atomic E-state index is 0.112. The molecule has 0 aliphatic heterocycles. The van der Waals surface area contributed by atoms with Crippen LogP contribution in [0, 0.1) is 0 Å². The molecular weight excluding hydrogens is 232 g/mol. The molecule has 104 valence electrons. The van der Waals surface area contributed by atoms with E-state index in [9.17, 15) is 0 Å². The second kappa shape index (κ2) is 8.18. The molecule has 0 saturated carbocycles. The van der Waals surface area contributed by atoms with Crippen molar-refractivity contribution in [2.24, 2.45) is 0 Å². The fraction of sp³-hybridized carbons (Fsp3) is 0.833. The summed E-state index contributed by atoms with van der Waals surface area (Å²) in [5.74, 6) is 0. The summed E-state index contributed by atoms with van der Waals surface area (Å²) in [4.78, 5) is 0. The average Bonchev–Trinajstić information content (AvgIpc) is 2.75. The second-order valence-electron chi connectivity index (χ2n) is 4.65. The van der Waals surface area contributed by atoms with Gasteiger partial charge in [0.2, 0.25) is 0 Å². The SMILES string of the molecule is COCC(C)OCCn1cc(CNC(C)C)nn1. The van der Waals surface area contributed by atoms with E-state index in [1.807, 2.05) is 13.1 Å². The Morgan fingerprint density at radius 1 is 1.39 bits per heavy atom. The van der Waals surface area contributed by atoms with E-state index in [0.717, 1.165) is 12.2 Å². The molecule has 0 saturated heterocycles. The average molecular weight is 256 g/mol. The number of nitrogens with one attached hydrogen (secondary N) is 1. The van der Waals surface area contributed by atoms with Crippen molar-refractivity contribution >= 4 is 0 Å². The van der Waals surface area contributed by atoms with Gasteiger partial charge < -0.3 is 14.8 Å². The van der Waals surface area contributed by atoms with Gasteiger partial charge in [-0.3, -0.25) is 0 Å². The van der Waals surface area contributed by atoms with E-state index in [1.54, 1.807) is 11.8 Å². The fourth-order valence-corrected chi connectivity index (χ4v) is 1.47. The Kier molecular flexibility index (Phi) is 6.85. The topological polar surface area (TPSA) is 61.2 Å². The molecule has 1 heterocycles. The maximum absolute atomic E-state index is 5.56. The van der Waals surface area contributed by atoms with Crippen LogP contribution in [0.4, 0.5) is 0 Å². The summed E-state index contributed by atoms with van der Waals surface area (Å²) in [6, 6.07) is 0.452. The summed E-state index contributed by atoms with van der Waals surface area (Å²) in [5.41, 5.74) is 0.952. The Hall–Kier alpha value is -0.980. The van der Waals surface area contributed by atoms with Crippen LogP contribution in [-0.4, -0.2) is 47.5 Å². The van der Waals surface area contributed by atoms with E-state index in [0.29, 0.717) is 25.8 Å². The summed E-state index contributed by atoms with van der Waals surface area (Å²) >= 11 is 0. The summed E-state index contributed by atoms with van der Waals surface area (Å²) in [5, 5.41) is 11.4. The molecular formula is C12H24N4O2. The van der Waals surface area contributed by atoms with Gasteiger partial charge in [-0.1, -0.05) is 19.1 Å². The largest absolute Gasteiger partial charge is 0.382 e. The van der Waals surface area contributed by atoms with Crippen LogP contribution in [0.2, 0.25) is 0 Å². The Balaban J connectivity index is 2.22. The van der Waals surface area contributed by atoms with Crippen LogP contribution < -0.4 is 5.32 Å². The molecule has 18 heavy (non-hydrogen) atoms. The first kappa shape index (κ1) is 15.1. The van der Waals surface area contributed by atoms with Crippen molar-refractivity contribution in [3.05, 3.63) is 11.9 Å². The molecule has 1 aromatic heterocycles. The molecule has 1 aromatic rings. The van der Waals surface area contributed by atoms with Crippen molar-refractivity contribution < 1.29 is 9.47 Å². The van der Waals surface area contributed by atoms with Gasteiger partial charge in [0.1, 0.15) is 0 Å². The van der Waals surface area contributed by atoms with Gasteiger partial charge in [0, 0.05) is 25.9 Å². The second-order valence-corrected chi connectivity index (χ2v) is 4.65. The van der Waals surface area contributed by atoms with Crippen molar-refractivity contribution in [1.82, 2.24) is 20.3 Å². The normalized spacial score (nSPS) is 13.2. The summed E-state index contributed by atoms with van der Waals surface area (Å²) in [6.07, 6.45) is 2.06. The van der Waals surface area contributed by atoms with Crippen molar-refractivity contribution in [2.45, 2.75) is 46.0 Å². The zero-order valence-electron chi connectivity index (χ0n) is 11.7. The molecule has 0 aliphatic rings. The minimum Gasteiger partial charge on any atom is -0.382 e. The van der Waals surface area contributed by atoms with Crippen molar-refractivity contribution in [3.8, 4) is 0 Å². The van der Waals surface area contributed by atoms with Crippen LogP contribution in [0.25, 0.3) is 0 Å². The monoisotopic (exact) mass is 256 g/mol. The molecule has 0 aliphatic carbocycles. The lowest BCUT2D eigenvalue weighted by atomic mass is 10.3. The Morgan fingerprint density at radius 3 is 2.83 bits per heavy atom. The number of aromatic nitrogens is 3. The summed E-state index contributed by atoms with van der Waals surface area (Å²) in [7, 11) is 1.67. The number of hydrogen-bond acceptors (Lipinski definition) is 5. The van der Waals surface area contributed by atoms with Gasteiger partial charge in [0.25, 0.3) is 0 Å². The fourth-order valence-electron chi connectivity index (χ4n) is 1.47. The van der Waals surface area contributed by atoms with Crippen LogP contribution in [0.1, 0.15) is 26.5 Å². The first-order chi connectivity index (χ1) is 8.61. The van der Waals surface area contributed by atoms with Crippen LogP contribution in [-0.2, 0) is 22.6 Å². The Bertz CT molecular complexity index is 328. The van der Waals surface area contributed by atoms with E-state index in [4.69, 9.17) is 9.47 Å². The van der Waals surface area contributed by atoms with Crippen molar-refractivity contribution in [2.75, 3.05) is 20.3 Å². The number of methoxy groups -OCH3 is 1. The van der Waals surface area contributed by atoms with Gasteiger partial charge in [-0.15, -0.1) is 5.10 Å².